The van der Waals surface area contributed by atoms with Gasteiger partial charge in [-0.2, -0.15) is 9.97 Å². The molecule has 2 aromatic heterocycles. The summed E-state index contributed by atoms with van der Waals surface area (Å²) in [6.07, 6.45) is 2.71. The summed E-state index contributed by atoms with van der Waals surface area (Å²) < 4.78 is 0. The zero-order chi connectivity index (χ0) is 22.8. The number of fused-ring (bicyclic) bond motifs is 1. The third-order valence-corrected chi connectivity index (χ3v) is 6.63. The highest BCUT2D eigenvalue weighted by Crippen LogP contribution is 2.26. The Morgan fingerprint density at radius 3 is 2.67 bits per heavy atom. The van der Waals surface area contributed by atoms with E-state index >= 15 is 0 Å². The van der Waals surface area contributed by atoms with Crippen LogP contribution in [0.5, 0.6) is 0 Å². The first-order valence-electron chi connectivity index (χ1n) is 11.3. The van der Waals surface area contributed by atoms with Crippen LogP contribution in [0.15, 0.2) is 36.5 Å². The lowest BCUT2D eigenvalue weighted by Gasteiger charge is -2.34. The van der Waals surface area contributed by atoms with E-state index in [9.17, 15) is 4.79 Å². The molecule has 2 aliphatic heterocycles. The number of rotatable bonds is 6. The van der Waals surface area contributed by atoms with E-state index in [0.717, 1.165) is 55.1 Å². The Balaban J connectivity index is 1.29. The Morgan fingerprint density at radius 2 is 1.91 bits per heavy atom. The van der Waals surface area contributed by atoms with Crippen molar-refractivity contribution in [3.63, 3.8) is 0 Å². The SMILES string of the molecule is CN1CCN(c2ccc(Nc3nc(NC4CCN(C(=O)CCl)C4)c4cc[nH]c4n3)cc2)CC1. The van der Waals surface area contributed by atoms with Crippen molar-refractivity contribution in [3.8, 4) is 0 Å². The number of likely N-dealkylation sites (tertiary alicyclic amines) is 1. The van der Waals surface area contributed by atoms with E-state index in [1.807, 2.05) is 12.3 Å². The van der Waals surface area contributed by atoms with Gasteiger partial charge in [0.05, 0.1) is 5.39 Å². The van der Waals surface area contributed by atoms with Gasteiger partial charge in [-0.3, -0.25) is 4.79 Å². The number of alkyl halides is 1. The monoisotopic (exact) mass is 468 g/mol. The summed E-state index contributed by atoms with van der Waals surface area (Å²) in [6.45, 7) is 5.57. The summed E-state index contributed by atoms with van der Waals surface area (Å²) in [4.78, 5) is 31.0. The van der Waals surface area contributed by atoms with Crippen molar-refractivity contribution in [2.75, 3.05) is 67.7 Å². The molecule has 3 N–H and O–H groups in total. The maximum atomic E-state index is 11.9. The van der Waals surface area contributed by atoms with Crippen LogP contribution in [0.25, 0.3) is 11.0 Å². The second kappa shape index (κ2) is 9.44. The molecule has 0 radical (unpaired) electrons. The fourth-order valence-electron chi connectivity index (χ4n) is 4.44. The number of hydrogen-bond donors (Lipinski definition) is 3. The van der Waals surface area contributed by atoms with Crippen LogP contribution in [0.3, 0.4) is 0 Å². The maximum Gasteiger partial charge on any atom is 0.237 e. The molecule has 2 aliphatic rings. The fourth-order valence-corrected chi connectivity index (χ4v) is 4.61. The molecule has 2 fully saturated rings. The molecule has 0 bridgehead atoms. The number of hydrogen-bond acceptors (Lipinski definition) is 7. The second-order valence-corrected chi connectivity index (χ2v) is 8.97. The van der Waals surface area contributed by atoms with E-state index in [1.165, 1.54) is 5.69 Å². The first-order valence-corrected chi connectivity index (χ1v) is 11.9. The summed E-state index contributed by atoms with van der Waals surface area (Å²) in [6, 6.07) is 10.5. The molecule has 9 nitrogen and oxygen atoms in total. The summed E-state index contributed by atoms with van der Waals surface area (Å²) >= 11 is 5.71. The minimum absolute atomic E-state index is 0.0178. The van der Waals surface area contributed by atoms with E-state index in [1.54, 1.807) is 4.90 Å². The third-order valence-electron chi connectivity index (χ3n) is 6.40. The molecule has 1 aromatic carbocycles. The Kier molecular flexibility index (Phi) is 6.24. The number of benzene rings is 1. The van der Waals surface area contributed by atoms with Gasteiger partial charge in [0, 0.05) is 62.9 Å². The molecule has 1 unspecified atom stereocenters. The fraction of sp³-hybridized carbons (Fsp3) is 0.435. The Labute approximate surface area is 198 Å². The Hall–Kier alpha value is -3.04. The van der Waals surface area contributed by atoms with Crippen molar-refractivity contribution in [1.82, 2.24) is 24.8 Å². The largest absolute Gasteiger partial charge is 0.369 e. The maximum absolute atomic E-state index is 11.9. The molecule has 0 aliphatic carbocycles. The molecule has 0 spiro atoms. The van der Waals surface area contributed by atoms with Gasteiger partial charge in [-0.05, 0) is 43.8 Å². The lowest BCUT2D eigenvalue weighted by molar-refractivity contribution is -0.127. The predicted octanol–water partition coefficient (Wildman–Crippen LogP) is 2.70. The first kappa shape index (κ1) is 21.8. The molecular formula is C23H29ClN8O. The molecule has 5 rings (SSSR count). The third kappa shape index (κ3) is 4.84. The molecule has 174 valence electrons. The number of aromatic amines is 1. The zero-order valence-corrected chi connectivity index (χ0v) is 19.5. The predicted molar refractivity (Wildman–Crippen MR) is 133 cm³/mol. The molecule has 10 heteroatoms. The summed E-state index contributed by atoms with van der Waals surface area (Å²) in [5.41, 5.74) is 2.93. The molecular weight excluding hydrogens is 440 g/mol. The van der Waals surface area contributed by atoms with Crippen molar-refractivity contribution in [2.45, 2.75) is 12.5 Å². The number of aromatic nitrogens is 3. The van der Waals surface area contributed by atoms with Crippen molar-refractivity contribution in [1.29, 1.82) is 0 Å². The van der Waals surface area contributed by atoms with Crippen molar-refractivity contribution >= 4 is 51.7 Å². The van der Waals surface area contributed by atoms with Gasteiger partial charge in [-0.25, -0.2) is 0 Å². The molecule has 33 heavy (non-hydrogen) atoms. The van der Waals surface area contributed by atoms with Gasteiger partial charge in [0.1, 0.15) is 17.3 Å². The normalized spacial score (nSPS) is 19.3. The molecule has 3 aromatic rings. The number of piperazine rings is 1. The highest BCUT2D eigenvalue weighted by atomic mass is 35.5. The lowest BCUT2D eigenvalue weighted by Crippen LogP contribution is -2.44. The van der Waals surface area contributed by atoms with Gasteiger partial charge in [0.2, 0.25) is 11.9 Å². The van der Waals surface area contributed by atoms with Gasteiger partial charge in [0.25, 0.3) is 0 Å². The Bertz CT molecular complexity index is 1110. The summed E-state index contributed by atoms with van der Waals surface area (Å²) in [7, 11) is 2.16. The molecule has 1 atom stereocenters. The number of carbonyl (C=O) groups excluding carboxylic acids is 1. The van der Waals surface area contributed by atoms with E-state index < -0.39 is 0 Å². The number of halogens is 1. The van der Waals surface area contributed by atoms with Crippen LogP contribution in [-0.4, -0.2) is 88.9 Å². The molecule has 2 saturated heterocycles. The van der Waals surface area contributed by atoms with Gasteiger partial charge in [0.15, 0.2) is 0 Å². The number of amides is 1. The van der Waals surface area contributed by atoms with Crippen LogP contribution < -0.4 is 15.5 Å². The number of H-pyrrole nitrogens is 1. The average Bonchev–Trinajstić information content (AvgIpc) is 3.49. The molecule has 0 saturated carbocycles. The number of nitrogens with zero attached hydrogens (tertiary/aromatic N) is 5. The highest BCUT2D eigenvalue weighted by molar-refractivity contribution is 6.27. The van der Waals surface area contributed by atoms with E-state index in [2.05, 4.69) is 61.7 Å². The van der Waals surface area contributed by atoms with Crippen molar-refractivity contribution < 1.29 is 4.79 Å². The van der Waals surface area contributed by atoms with Crippen LogP contribution in [0.2, 0.25) is 0 Å². The number of nitrogens with one attached hydrogen (secondary N) is 3. The number of likely N-dealkylation sites (N-methyl/N-ethyl adjacent to an activating group) is 1. The van der Waals surface area contributed by atoms with E-state index in [4.69, 9.17) is 16.6 Å². The van der Waals surface area contributed by atoms with Crippen molar-refractivity contribution in [2.24, 2.45) is 0 Å². The highest BCUT2D eigenvalue weighted by Gasteiger charge is 2.26. The average molecular weight is 469 g/mol. The van der Waals surface area contributed by atoms with Crippen LogP contribution in [-0.2, 0) is 4.79 Å². The van der Waals surface area contributed by atoms with Gasteiger partial charge >= 0.3 is 0 Å². The van der Waals surface area contributed by atoms with E-state index in [-0.39, 0.29) is 17.8 Å². The first-order chi connectivity index (χ1) is 16.1. The van der Waals surface area contributed by atoms with Crippen LogP contribution in [0.4, 0.5) is 23.1 Å². The molecule has 1 amide bonds. The lowest BCUT2D eigenvalue weighted by atomic mass is 10.2. The minimum atomic E-state index is -0.0298. The van der Waals surface area contributed by atoms with Gasteiger partial charge < -0.3 is 30.3 Å². The van der Waals surface area contributed by atoms with Crippen LogP contribution in [0.1, 0.15) is 6.42 Å². The summed E-state index contributed by atoms with van der Waals surface area (Å²) in [5.74, 6) is 1.26. The molecule has 4 heterocycles. The quantitative estimate of drug-likeness (QED) is 0.479. The van der Waals surface area contributed by atoms with Crippen LogP contribution in [0, 0.1) is 0 Å². The second-order valence-electron chi connectivity index (χ2n) is 8.70. The van der Waals surface area contributed by atoms with Gasteiger partial charge in [-0.1, -0.05) is 0 Å². The minimum Gasteiger partial charge on any atom is -0.369 e. The number of anilines is 4. The van der Waals surface area contributed by atoms with Crippen molar-refractivity contribution in [3.05, 3.63) is 36.5 Å². The summed E-state index contributed by atoms with van der Waals surface area (Å²) in [5, 5.41) is 7.76. The number of carbonyl (C=O) groups is 1. The Morgan fingerprint density at radius 1 is 1.12 bits per heavy atom. The standard InChI is InChI=1S/C23H29ClN8O/c1-30-10-12-31(13-11-30)18-4-2-16(3-5-18)27-23-28-21-19(6-8-25-21)22(29-23)26-17-7-9-32(15-17)20(33)14-24/h2-6,8,17H,7,9-15H2,1H3,(H3,25,26,27,28,29). The van der Waals surface area contributed by atoms with Gasteiger partial charge in [-0.15, -0.1) is 11.6 Å². The topological polar surface area (TPSA) is 92.4 Å². The zero-order valence-electron chi connectivity index (χ0n) is 18.7. The van der Waals surface area contributed by atoms with E-state index in [0.29, 0.717) is 19.0 Å². The smallest absolute Gasteiger partial charge is 0.237 e. The van der Waals surface area contributed by atoms with Crippen LogP contribution >= 0.6 is 11.6 Å².